The lowest BCUT2D eigenvalue weighted by Crippen LogP contribution is -2.11. The molecule has 0 fully saturated rings. The molecule has 0 amide bonds. The Morgan fingerprint density at radius 2 is 2.06 bits per heavy atom. The molecule has 6 heteroatoms. The molecule has 2 rings (SSSR count). The fraction of sp³-hybridized carbons (Fsp3) is 0.0833. The van der Waals surface area contributed by atoms with Gasteiger partial charge in [-0.1, -0.05) is 0 Å². The van der Waals surface area contributed by atoms with Gasteiger partial charge in [-0.2, -0.15) is 0 Å². The number of ketones is 1. The van der Waals surface area contributed by atoms with Crippen molar-refractivity contribution in [3.63, 3.8) is 0 Å². The minimum absolute atomic E-state index is 0.0418. The average molecular weight is 270 g/mol. The minimum atomic E-state index is -1.94. The Labute approximate surface area is 104 Å². The fourth-order valence-corrected chi connectivity index (χ4v) is 2.42. The standard InChI is InChI=1S/C12H8F2O3S/c13-8-3-4-9(14)12(6-8)18(16)7-10(15)11-2-1-5-17-11/h1-6H,7H2. The third kappa shape index (κ3) is 2.70. The summed E-state index contributed by atoms with van der Waals surface area (Å²) in [5, 5.41) is 0. The van der Waals surface area contributed by atoms with Crippen LogP contribution in [0.4, 0.5) is 8.78 Å². The number of benzene rings is 1. The Morgan fingerprint density at radius 3 is 2.72 bits per heavy atom. The van der Waals surface area contributed by atoms with Gasteiger partial charge >= 0.3 is 0 Å². The Bertz CT molecular complexity index is 593. The summed E-state index contributed by atoms with van der Waals surface area (Å²) in [6, 6.07) is 5.55. The molecule has 2 aromatic rings. The van der Waals surface area contributed by atoms with E-state index in [1.165, 1.54) is 18.4 Å². The van der Waals surface area contributed by atoms with Crippen molar-refractivity contribution in [2.24, 2.45) is 0 Å². The van der Waals surface area contributed by atoms with Gasteiger partial charge in [0.25, 0.3) is 0 Å². The lowest BCUT2D eigenvalue weighted by Gasteiger charge is -2.02. The van der Waals surface area contributed by atoms with Crippen molar-refractivity contribution >= 4 is 16.6 Å². The molecule has 0 radical (unpaired) electrons. The first-order chi connectivity index (χ1) is 8.58. The number of halogens is 2. The summed E-state index contributed by atoms with van der Waals surface area (Å²) in [4.78, 5) is 11.3. The highest BCUT2D eigenvalue weighted by Crippen LogP contribution is 2.15. The molecule has 94 valence electrons. The molecule has 0 spiro atoms. The highest BCUT2D eigenvalue weighted by molar-refractivity contribution is 7.85. The van der Waals surface area contributed by atoms with E-state index in [2.05, 4.69) is 0 Å². The topological polar surface area (TPSA) is 47.3 Å². The van der Waals surface area contributed by atoms with E-state index in [0.717, 1.165) is 18.2 Å². The van der Waals surface area contributed by atoms with Gasteiger partial charge in [-0.3, -0.25) is 9.00 Å². The van der Waals surface area contributed by atoms with Crippen LogP contribution in [0.2, 0.25) is 0 Å². The molecule has 0 bridgehead atoms. The highest BCUT2D eigenvalue weighted by Gasteiger charge is 2.17. The molecular weight excluding hydrogens is 262 g/mol. The zero-order valence-corrected chi connectivity index (χ0v) is 9.88. The number of Topliss-reactive ketones (excluding diaryl/α,β-unsaturated/α-hetero) is 1. The fourth-order valence-electron chi connectivity index (χ4n) is 1.36. The van der Waals surface area contributed by atoms with Crippen molar-refractivity contribution in [1.82, 2.24) is 0 Å². The monoisotopic (exact) mass is 270 g/mol. The van der Waals surface area contributed by atoms with Crippen molar-refractivity contribution in [1.29, 1.82) is 0 Å². The van der Waals surface area contributed by atoms with E-state index in [4.69, 9.17) is 4.42 Å². The van der Waals surface area contributed by atoms with E-state index < -0.39 is 34.0 Å². The Kier molecular flexibility index (Phi) is 3.66. The van der Waals surface area contributed by atoms with E-state index in [0.29, 0.717) is 0 Å². The summed E-state index contributed by atoms with van der Waals surface area (Å²) in [6.07, 6.45) is 1.30. The van der Waals surface area contributed by atoms with Gasteiger partial charge in [0.05, 0.1) is 27.7 Å². The van der Waals surface area contributed by atoms with Crippen molar-refractivity contribution in [2.45, 2.75) is 4.90 Å². The molecule has 1 atom stereocenters. The zero-order chi connectivity index (χ0) is 13.1. The molecule has 0 saturated heterocycles. The number of carbonyl (C=O) groups excluding carboxylic acids is 1. The summed E-state index contributed by atoms with van der Waals surface area (Å²) >= 11 is 0. The first kappa shape index (κ1) is 12.6. The Hall–Kier alpha value is -1.82. The smallest absolute Gasteiger partial charge is 0.210 e. The number of rotatable bonds is 4. The van der Waals surface area contributed by atoms with Crippen LogP contribution in [-0.2, 0) is 10.8 Å². The van der Waals surface area contributed by atoms with Gasteiger partial charge < -0.3 is 4.42 Å². The second-order valence-corrected chi connectivity index (χ2v) is 4.88. The van der Waals surface area contributed by atoms with Gasteiger partial charge in [0, 0.05) is 0 Å². The van der Waals surface area contributed by atoms with Crippen LogP contribution in [0.3, 0.4) is 0 Å². The summed E-state index contributed by atoms with van der Waals surface area (Å²) in [6.45, 7) is 0. The van der Waals surface area contributed by atoms with Crippen LogP contribution in [0.5, 0.6) is 0 Å². The molecule has 3 nitrogen and oxygen atoms in total. The third-order valence-corrected chi connectivity index (χ3v) is 3.52. The van der Waals surface area contributed by atoms with Crippen LogP contribution >= 0.6 is 0 Å². The molecule has 0 saturated carbocycles. The molecule has 18 heavy (non-hydrogen) atoms. The highest BCUT2D eigenvalue weighted by atomic mass is 32.2. The molecule has 0 N–H and O–H groups in total. The van der Waals surface area contributed by atoms with Crippen LogP contribution < -0.4 is 0 Å². The van der Waals surface area contributed by atoms with E-state index in [1.807, 2.05) is 0 Å². The second-order valence-electron chi connectivity index (χ2n) is 3.47. The van der Waals surface area contributed by atoms with Crippen LogP contribution in [0.15, 0.2) is 45.9 Å². The van der Waals surface area contributed by atoms with Gasteiger partial charge in [0.2, 0.25) is 5.78 Å². The van der Waals surface area contributed by atoms with Gasteiger partial charge in [0.15, 0.2) is 5.76 Å². The number of furan rings is 1. The normalized spacial score (nSPS) is 12.3. The van der Waals surface area contributed by atoms with Gasteiger partial charge in [-0.05, 0) is 30.3 Å². The molecule has 0 aliphatic rings. The van der Waals surface area contributed by atoms with Crippen LogP contribution in [0.1, 0.15) is 10.6 Å². The summed E-state index contributed by atoms with van der Waals surface area (Å²) in [7, 11) is -1.94. The number of hydrogen-bond donors (Lipinski definition) is 0. The molecular formula is C12H8F2O3S. The van der Waals surface area contributed by atoms with Crippen molar-refractivity contribution < 1.29 is 22.2 Å². The Morgan fingerprint density at radius 1 is 1.28 bits per heavy atom. The van der Waals surface area contributed by atoms with Gasteiger partial charge in [-0.25, -0.2) is 8.78 Å². The maximum atomic E-state index is 13.3. The van der Waals surface area contributed by atoms with Crippen LogP contribution in [0.25, 0.3) is 0 Å². The van der Waals surface area contributed by atoms with Crippen molar-refractivity contribution in [3.05, 3.63) is 54.0 Å². The molecule has 1 unspecified atom stereocenters. The van der Waals surface area contributed by atoms with Crippen molar-refractivity contribution in [3.8, 4) is 0 Å². The first-order valence-corrected chi connectivity index (χ1v) is 6.30. The lowest BCUT2D eigenvalue weighted by molar-refractivity contribution is 0.0991. The molecule has 0 aliphatic heterocycles. The molecule has 0 aliphatic carbocycles. The van der Waals surface area contributed by atoms with Crippen LogP contribution in [0, 0.1) is 11.6 Å². The van der Waals surface area contributed by atoms with Gasteiger partial charge in [0.1, 0.15) is 11.6 Å². The largest absolute Gasteiger partial charge is 0.461 e. The molecule has 1 aromatic carbocycles. The maximum Gasteiger partial charge on any atom is 0.210 e. The Balaban J connectivity index is 2.17. The van der Waals surface area contributed by atoms with Gasteiger partial charge in [-0.15, -0.1) is 0 Å². The third-order valence-electron chi connectivity index (χ3n) is 2.20. The van der Waals surface area contributed by atoms with E-state index >= 15 is 0 Å². The minimum Gasteiger partial charge on any atom is -0.461 e. The van der Waals surface area contributed by atoms with E-state index in [1.54, 1.807) is 0 Å². The average Bonchev–Trinajstić information content (AvgIpc) is 2.85. The summed E-state index contributed by atoms with van der Waals surface area (Å²) in [5.74, 6) is -2.44. The number of carbonyl (C=O) groups is 1. The predicted octanol–water partition coefficient (Wildman–Crippen LogP) is 2.55. The molecule has 1 aromatic heterocycles. The van der Waals surface area contributed by atoms with E-state index in [9.17, 15) is 17.8 Å². The predicted molar refractivity (Wildman–Crippen MR) is 60.7 cm³/mol. The van der Waals surface area contributed by atoms with E-state index in [-0.39, 0.29) is 10.7 Å². The van der Waals surface area contributed by atoms with Crippen LogP contribution in [-0.4, -0.2) is 15.7 Å². The quantitative estimate of drug-likeness (QED) is 0.802. The zero-order valence-electron chi connectivity index (χ0n) is 9.06. The summed E-state index contributed by atoms with van der Waals surface area (Å²) < 4.78 is 42.8. The lowest BCUT2D eigenvalue weighted by atomic mass is 10.3. The first-order valence-electron chi connectivity index (χ1n) is 4.98. The maximum absolute atomic E-state index is 13.3. The second kappa shape index (κ2) is 5.22. The number of hydrogen-bond acceptors (Lipinski definition) is 3. The SMILES string of the molecule is O=C(CS(=O)c1cc(F)ccc1F)c1ccco1. The summed E-state index contributed by atoms with van der Waals surface area (Å²) in [5.41, 5.74) is 0. The van der Waals surface area contributed by atoms with Crippen molar-refractivity contribution in [2.75, 3.05) is 5.75 Å². The molecule has 1 heterocycles.